The van der Waals surface area contributed by atoms with Gasteiger partial charge in [0.25, 0.3) is 0 Å². The predicted molar refractivity (Wildman–Crippen MR) is 58.7 cm³/mol. The van der Waals surface area contributed by atoms with E-state index < -0.39 is 0 Å². The molecule has 0 amide bonds. The number of allylic oxidation sites excluding steroid dienone is 1. The molecular weight excluding hydrogens is 231 g/mol. The standard InChI is InChI=1S/C11H12BrF/c1-8-6-10(4-3-5-12)7-9(2)11(8)13/h3-4,6-7H,5H2,1-2H3. The number of benzene rings is 1. The molecule has 13 heavy (non-hydrogen) atoms. The first-order chi connectivity index (χ1) is 6.15. The monoisotopic (exact) mass is 242 g/mol. The molecule has 1 aromatic rings. The van der Waals surface area contributed by atoms with Crippen molar-refractivity contribution >= 4 is 22.0 Å². The number of hydrogen-bond acceptors (Lipinski definition) is 0. The van der Waals surface area contributed by atoms with Gasteiger partial charge in [-0.25, -0.2) is 4.39 Å². The molecule has 0 aliphatic heterocycles. The van der Waals surface area contributed by atoms with Crippen LogP contribution < -0.4 is 0 Å². The van der Waals surface area contributed by atoms with Crippen molar-refractivity contribution in [2.45, 2.75) is 13.8 Å². The Morgan fingerprint density at radius 3 is 2.31 bits per heavy atom. The zero-order valence-electron chi connectivity index (χ0n) is 7.77. The Bertz CT molecular complexity index is 306. The van der Waals surface area contributed by atoms with Crippen LogP contribution in [0.25, 0.3) is 6.08 Å². The van der Waals surface area contributed by atoms with Crippen molar-refractivity contribution in [3.8, 4) is 0 Å². The van der Waals surface area contributed by atoms with E-state index in [2.05, 4.69) is 15.9 Å². The summed E-state index contributed by atoms with van der Waals surface area (Å²) in [5.74, 6) is -0.101. The van der Waals surface area contributed by atoms with Crippen molar-refractivity contribution in [1.29, 1.82) is 0 Å². The van der Waals surface area contributed by atoms with Crippen molar-refractivity contribution in [3.63, 3.8) is 0 Å². The number of alkyl halides is 1. The van der Waals surface area contributed by atoms with Gasteiger partial charge >= 0.3 is 0 Å². The molecule has 70 valence electrons. The number of halogens is 2. The summed E-state index contributed by atoms with van der Waals surface area (Å²) in [6.07, 6.45) is 3.97. The minimum Gasteiger partial charge on any atom is -0.206 e. The summed E-state index contributed by atoms with van der Waals surface area (Å²) in [5.41, 5.74) is 2.46. The molecule has 0 bridgehead atoms. The van der Waals surface area contributed by atoms with E-state index in [1.165, 1.54) is 0 Å². The maximum Gasteiger partial charge on any atom is 0.129 e. The fraction of sp³-hybridized carbons (Fsp3) is 0.273. The highest BCUT2D eigenvalue weighted by Gasteiger charge is 2.01. The van der Waals surface area contributed by atoms with E-state index in [-0.39, 0.29) is 5.82 Å². The van der Waals surface area contributed by atoms with Crippen molar-refractivity contribution in [1.82, 2.24) is 0 Å². The van der Waals surface area contributed by atoms with Gasteiger partial charge in [-0.3, -0.25) is 0 Å². The molecule has 0 aromatic heterocycles. The van der Waals surface area contributed by atoms with Gasteiger partial charge in [-0.1, -0.05) is 28.1 Å². The van der Waals surface area contributed by atoms with Gasteiger partial charge in [0.1, 0.15) is 5.82 Å². The second kappa shape index (κ2) is 4.56. The molecule has 1 aromatic carbocycles. The molecule has 0 heterocycles. The van der Waals surface area contributed by atoms with Gasteiger partial charge in [-0.05, 0) is 42.7 Å². The molecule has 1 rings (SSSR count). The summed E-state index contributed by atoms with van der Waals surface area (Å²) in [5, 5.41) is 0.822. The lowest BCUT2D eigenvalue weighted by molar-refractivity contribution is 0.609. The van der Waals surface area contributed by atoms with Crippen molar-refractivity contribution in [2.24, 2.45) is 0 Å². The largest absolute Gasteiger partial charge is 0.206 e. The molecule has 0 fully saturated rings. The first-order valence-electron chi connectivity index (χ1n) is 4.14. The van der Waals surface area contributed by atoms with Gasteiger partial charge in [0.2, 0.25) is 0 Å². The van der Waals surface area contributed by atoms with Crippen LogP contribution in [0.2, 0.25) is 0 Å². The van der Waals surface area contributed by atoms with Gasteiger partial charge in [-0.2, -0.15) is 0 Å². The fourth-order valence-corrected chi connectivity index (χ4v) is 1.44. The van der Waals surface area contributed by atoms with E-state index in [9.17, 15) is 4.39 Å². The van der Waals surface area contributed by atoms with Crippen LogP contribution in [0.5, 0.6) is 0 Å². The molecule has 2 heteroatoms. The van der Waals surface area contributed by atoms with Crippen LogP contribution >= 0.6 is 15.9 Å². The van der Waals surface area contributed by atoms with Gasteiger partial charge in [0.05, 0.1) is 0 Å². The van der Waals surface area contributed by atoms with E-state index >= 15 is 0 Å². The Kier molecular flexibility index (Phi) is 3.67. The maximum atomic E-state index is 13.2. The van der Waals surface area contributed by atoms with E-state index in [1.807, 2.05) is 24.3 Å². The fourth-order valence-electron chi connectivity index (χ4n) is 1.26. The summed E-state index contributed by atoms with van der Waals surface area (Å²) < 4.78 is 13.2. The summed E-state index contributed by atoms with van der Waals surface area (Å²) in [6, 6.07) is 3.70. The molecular formula is C11H12BrF. The third-order valence-corrected chi connectivity index (χ3v) is 2.23. The third-order valence-electron chi connectivity index (χ3n) is 1.86. The highest BCUT2D eigenvalue weighted by atomic mass is 79.9. The highest BCUT2D eigenvalue weighted by Crippen LogP contribution is 2.15. The Hall–Kier alpha value is -0.630. The minimum atomic E-state index is -0.101. The van der Waals surface area contributed by atoms with Crippen molar-refractivity contribution < 1.29 is 4.39 Å². The molecule has 0 radical (unpaired) electrons. The zero-order chi connectivity index (χ0) is 9.84. The van der Waals surface area contributed by atoms with Crippen LogP contribution in [0.3, 0.4) is 0 Å². The molecule has 0 saturated carbocycles. The Balaban J connectivity index is 3.06. The molecule has 0 unspecified atom stereocenters. The van der Waals surface area contributed by atoms with Crippen LogP contribution in [-0.4, -0.2) is 5.33 Å². The second-order valence-electron chi connectivity index (χ2n) is 3.03. The molecule has 0 saturated heterocycles. The lowest BCUT2D eigenvalue weighted by Gasteiger charge is -2.02. The topological polar surface area (TPSA) is 0 Å². The molecule has 0 aliphatic carbocycles. The van der Waals surface area contributed by atoms with Gasteiger partial charge in [-0.15, -0.1) is 0 Å². The van der Waals surface area contributed by atoms with Crippen LogP contribution in [0.4, 0.5) is 4.39 Å². The summed E-state index contributed by atoms with van der Waals surface area (Å²) in [4.78, 5) is 0. The first kappa shape index (κ1) is 10.5. The predicted octanol–water partition coefficient (Wildman–Crippen LogP) is 3.85. The van der Waals surface area contributed by atoms with E-state index in [4.69, 9.17) is 0 Å². The summed E-state index contributed by atoms with van der Waals surface area (Å²) >= 11 is 3.30. The Morgan fingerprint density at radius 1 is 1.31 bits per heavy atom. The summed E-state index contributed by atoms with van der Waals surface area (Å²) in [6.45, 7) is 3.57. The van der Waals surface area contributed by atoms with E-state index in [0.717, 1.165) is 10.9 Å². The average Bonchev–Trinajstić information content (AvgIpc) is 2.10. The van der Waals surface area contributed by atoms with Crippen molar-refractivity contribution in [3.05, 3.63) is 40.7 Å². The molecule has 0 N–H and O–H groups in total. The van der Waals surface area contributed by atoms with Crippen LogP contribution in [0.1, 0.15) is 16.7 Å². The quantitative estimate of drug-likeness (QED) is 0.692. The van der Waals surface area contributed by atoms with Crippen molar-refractivity contribution in [2.75, 3.05) is 5.33 Å². The number of aryl methyl sites for hydroxylation is 2. The smallest absolute Gasteiger partial charge is 0.129 e. The average molecular weight is 243 g/mol. The normalized spacial score (nSPS) is 11.1. The Labute approximate surface area is 86.6 Å². The van der Waals surface area contributed by atoms with E-state index in [0.29, 0.717) is 11.1 Å². The Morgan fingerprint density at radius 2 is 1.85 bits per heavy atom. The lowest BCUT2D eigenvalue weighted by atomic mass is 10.1. The second-order valence-corrected chi connectivity index (χ2v) is 3.67. The van der Waals surface area contributed by atoms with Gasteiger partial charge < -0.3 is 0 Å². The third kappa shape index (κ3) is 2.66. The summed E-state index contributed by atoms with van der Waals surface area (Å²) in [7, 11) is 0. The first-order valence-corrected chi connectivity index (χ1v) is 5.26. The highest BCUT2D eigenvalue weighted by molar-refractivity contribution is 9.09. The number of hydrogen-bond donors (Lipinski definition) is 0. The van der Waals surface area contributed by atoms with E-state index in [1.54, 1.807) is 13.8 Å². The molecule has 0 spiro atoms. The van der Waals surface area contributed by atoms with Gasteiger partial charge in [0.15, 0.2) is 0 Å². The molecule has 0 aliphatic rings. The van der Waals surface area contributed by atoms with Crippen LogP contribution in [0, 0.1) is 19.7 Å². The maximum absolute atomic E-state index is 13.2. The zero-order valence-corrected chi connectivity index (χ0v) is 9.36. The van der Waals surface area contributed by atoms with Crippen LogP contribution in [-0.2, 0) is 0 Å². The lowest BCUT2D eigenvalue weighted by Crippen LogP contribution is -1.88. The minimum absolute atomic E-state index is 0.101. The SMILES string of the molecule is Cc1cc(C=CCBr)cc(C)c1F. The number of rotatable bonds is 2. The molecule has 0 nitrogen and oxygen atoms in total. The van der Waals surface area contributed by atoms with Crippen LogP contribution in [0.15, 0.2) is 18.2 Å². The molecule has 0 atom stereocenters. The van der Waals surface area contributed by atoms with Gasteiger partial charge in [0, 0.05) is 5.33 Å².